The van der Waals surface area contributed by atoms with Gasteiger partial charge in [-0.1, -0.05) is 56.7 Å². The van der Waals surface area contributed by atoms with Gasteiger partial charge in [-0.05, 0) is 68.9 Å². The van der Waals surface area contributed by atoms with Gasteiger partial charge < -0.3 is 81.6 Å². The molecule has 5 heterocycles. The Balaban J connectivity index is 0.810. The molecule has 4 fully saturated rings. The number of amides is 4. The maximum absolute atomic E-state index is 14.1. The van der Waals surface area contributed by atoms with E-state index < -0.39 is 197 Å². The van der Waals surface area contributed by atoms with E-state index >= 15 is 0 Å². The summed E-state index contributed by atoms with van der Waals surface area (Å²) in [7, 11) is 0. The van der Waals surface area contributed by atoms with E-state index in [1.54, 1.807) is 24.3 Å². The second-order valence-corrected chi connectivity index (χ2v) is 29.4. The van der Waals surface area contributed by atoms with E-state index in [1.165, 1.54) is 44.3 Å². The average molecular weight is 1520 g/mol. The number of ether oxygens (including phenoxy) is 7. The number of fused-ring (bicyclic) bond motifs is 3. The number of Topliss-reactive ketones (excluding diaryl/α,β-unsaturated/α-hetero) is 2. The lowest BCUT2D eigenvalue weighted by Gasteiger charge is -2.58. The predicted octanol–water partition coefficient (Wildman–Crippen LogP) is 2.73. The van der Waals surface area contributed by atoms with E-state index in [1.807, 2.05) is 40.7 Å². The number of esters is 3. The molecule has 582 valence electrons. The fraction of sp³-hybridized carbons (Fsp3) is 0.542. The lowest BCUT2D eigenvalue weighted by molar-refractivity contribution is -0.244. The van der Waals surface area contributed by atoms with Crippen molar-refractivity contribution < 1.29 is 106 Å². The number of likely N-dealkylation sites (tertiary alicyclic amines) is 1. The molecular weight excluding hydrogens is 1430 g/mol. The number of carboxylic acid groups (broad SMARTS) is 3. The van der Waals surface area contributed by atoms with Crippen LogP contribution in [0.3, 0.4) is 0 Å². The van der Waals surface area contributed by atoms with Crippen molar-refractivity contribution in [3.63, 3.8) is 0 Å². The number of H-pyrrole nitrogens is 1. The number of rotatable bonds is 39. The summed E-state index contributed by atoms with van der Waals surface area (Å²) in [5.74, 6) is -14.9. The lowest BCUT2D eigenvalue weighted by atomic mass is 9.51. The van der Waals surface area contributed by atoms with Crippen LogP contribution in [0.4, 0.5) is 11.6 Å². The van der Waals surface area contributed by atoms with Crippen LogP contribution in [0.25, 0.3) is 11.2 Å². The molecule has 3 aliphatic heterocycles. The fourth-order valence-corrected chi connectivity index (χ4v) is 15.6. The Bertz CT molecular complexity index is 4220. The minimum Gasteiger partial charge on any atom is -0.481 e. The Hall–Kier alpha value is -10.3. The molecule has 2 unspecified atom stereocenters. The third-order valence-electron chi connectivity index (χ3n) is 20.0. The predicted molar refractivity (Wildman–Crippen MR) is 382 cm³/mol. The number of aryl methyl sites for hydroxylation is 1. The van der Waals surface area contributed by atoms with Crippen LogP contribution in [0.1, 0.15) is 139 Å². The van der Waals surface area contributed by atoms with Gasteiger partial charge in [-0.2, -0.15) is 4.98 Å². The zero-order valence-electron chi connectivity index (χ0n) is 60.6. The molecule has 2 aliphatic carbocycles. The number of carboxylic acids is 3. The number of aliphatic carboxylic acids is 3. The van der Waals surface area contributed by atoms with E-state index in [4.69, 9.17) is 50.4 Å². The first-order valence-electron chi connectivity index (χ1n) is 35.1. The largest absolute Gasteiger partial charge is 0.481 e. The van der Waals surface area contributed by atoms with Crippen molar-refractivity contribution in [2.24, 2.45) is 45.0 Å². The van der Waals surface area contributed by atoms with E-state index in [-0.39, 0.29) is 106 Å². The first-order chi connectivity index (χ1) is 51.1. The number of nitrogens with two attached hydrogens (primary N) is 3. The number of nitrogens with zero attached hydrogens (tertiary/aromatic N) is 5. The van der Waals surface area contributed by atoms with E-state index in [0.29, 0.717) is 22.5 Å². The molecule has 0 radical (unpaired) electrons. The molecule has 35 nitrogen and oxygen atoms in total. The van der Waals surface area contributed by atoms with Gasteiger partial charge in [-0.15, -0.1) is 11.8 Å². The highest BCUT2D eigenvalue weighted by Crippen LogP contribution is 2.73. The van der Waals surface area contributed by atoms with Crippen molar-refractivity contribution in [3.8, 4) is 0 Å². The first-order valence-corrected chi connectivity index (χ1v) is 36.2. The van der Waals surface area contributed by atoms with Crippen molar-refractivity contribution >= 4 is 112 Å². The van der Waals surface area contributed by atoms with Crippen molar-refractivity contribution in [2.45, 2.75) is 179 Å². The quantitative estimate of drug-likeness (QED) is 0.00353. The Kier molecular flexibility index (Phi) is 26.6. The second kappa shape index (κ2) is 35.2. The summed E-state index contributed by atoms with van der Waals surface area (Å²) in [5, 5.41) is 37.1. The molecule has 108 heavy (non-hydrogen) atoms. The number of hydrogen-bond donors (Lipinski definition) is 10. The summed E-state index contributed by atoms with van der Waals surface area (Å²) in [4.78, 5) is 191. The molecule has 14 atom stereocenters. The molecule has 2 bridgehead atoms. The number of nitrogen functional groups attached to an aromatic ring is 1. The zero-order valence-corrected chi connectivity index (χ0v) is 61.4. The van der Waals surface area contributed by atoms with Gasteiger partial charge in [0.05, 0.1) is 78.8 Å². The first kappa shape index (κ1) is 81.8. The number of aromatic amines is 1. The van der Waals surface area contributed by atoms with E-state index in [9.17, 15) is 77.6 Å². The number of ketones is 2. The Labute approximate surface area is 623 Å². The van der Waals surface area contributed by atoms with Gasteiger partial charge in [0.15, 0.2) is 29.2 Å². The number of hydrogen-bond acceptors (Lipinski definition) is 27. The highest BCUT2D eigenvalue weighted by atomic mass is 32.2. The van der Waals surface area contributed by atoms with Gasteiger partial charge in [0.2, 0.25) is 23.7 Å². The maximum atomic E-state index is 14.1. The number of epoxide rings is 1. The van der Waals surface area contributed by atoms with Gasteiger partial charge in [-0.3, -0.25) is 72.4 Å². The summed E-state index contributed by atoms with van der Waals surface area (Å²) in [6, 6.07) is 9.52. The van der Waals surface area contributed by atoms with Crippen LogP contribution in [0.2, 0.25) is 0 Å². The number of imide groups is 1. The number of carbonyl (C=O) groups is 12. The molecule has 2 aromatic carbocycles. The number of carbonyl (C=O) groups excluding carboxylic acids is 9. The zero-order chi connectivity index (χ0) is 78.7. The summed E-state index contributed by atoms with van der Waals surface area (Å²) in [6.45, 7) is 11.1. The van der Waals surface area contributed by atoms with Crippen molar-refractivity contribution in [3.05, 3.63) is 99.1 Å². The number of nitrogens with one attached hydrogen (secondary N) is 4. The van der Waals surface area contributed by atoms with Crippen molar-refractivity contribution in [1.82, 2.24) is 35.5 Å². The minimum atomic E-state index is -1.84. The molecule has 5 aliphatic rings. The molecule has 1 spiro atoms. The van der Waals surface area contributed by atoms with Crippen LogP contribution in [0.5, 0.6) is 0 Å². The number of benzene rings is 2. The Morgan fingerprint density at radius 3 is 2.21 bits per heavy atom. The molecule has 4 aromatic rings. The standard InChI is InChI=1S/C72H90N12O23S/c1-35(2)23-55(92)105-50-29-71(33-102-38(5)85)52(24-37(50)4)106-59-57(58(104-39(6)86)70(71,7)72(59)34-103-72)107-67(41-12-10-36(3)11-13-41)101-22-21-84-53(89)28-51(64(84)96)108-32-43(65(97)98)26-49(88)48(27-54(90)91)81-62(94)42(9-8-20-76-68(73)74)25-46(87)18-19-47(66(99)100)80-61(93)40-14-16-44(17-15-40)77-30-45-31-78-60-56(79-45)63(95)83-69(75)82-60/h10-17,24,31,35,42-43,47-48,50-52,57-59,67,77H,8-9,18-23,25-30,32-34H2,1-7H3,(H,80,93)(H,81,94)(H,90,91)(H,97,98)(H,99,100)(H4,73,74,76)(H3,75,78,82,83,95)/t42-,43+,47+,48+,50+,51?,52-,57-,58-,59-,67?,70-,71-,72+/m1/s1. The monoisotopic (exact) mass is 1520 g/mol. The smallest absolute Gasteiger partial charge is 0.326 e. The molecule has 2 aromatic heterocycles. The SMILES string of the molecule is CC(=O)OC[C@]12C[C@H](OC(=O)CC(C)C)C(C)=C[C@H]1O[C@@H]1[C@H](OC(OCCN3C(=O)CC(SC[C@H](CC(=O)[C@H](CC(=O)O)NC(=O)[C@H](CCCN=C(N)N)CC(=O)CC[C@H](NC(=O)c4ccc(NCc5cnc6nc(N)[nH]c(=O)c6n5)cc4)C(=O)O)C(=O)O)C3=O)c3ccc(C)cc3)[C@@H](OC(C)=O)[C@@]2(C)[C@]12CO2. The van der Waals surface area contributed by atoms with Crippen LogP contribution in [0, 0.1) is 35.5 Å². The normalized spacial score (nSPS) is 23.9. The molecule has 36 heteroatoms. The molecule has 13 N–H and O–H groups in total. The summed E-state index contributed by atoms with van der Waals surface area (Å²) >= 11 is 0.771. The molecule has 4 amide bonds. The molecule has 3 saturated heterocycles. The van der Waals surface area contributed by atoms with Crippen LogP contribution in [-0.4, -0.2) is 209 Å². The summed E-state index contributed by atoms with van der Waals surface area (Å²) in [5.41, 5.74) is 15.3. The third kappa shape index (κ3) is 19.3. The van der Waals surface area contributed by atoms with Crippen LogP contribution < -0.4 is 38.7 Å². The molecule has 1 saturated carbocycles. The number of thioether (sulfide) groups is 1. The van der Waals surface area contributed by atoms with Crippen LogP contribution >= 0.6 is 11.8 Å². The fourth-order valence-electron chi connectivity index (χ4n) is 14.3. The summed E-state index contributed by atoms with van der Waals surface area (Å²) < 4.78 is 45.1. The van der Waals surface area contributed by atoms with Gasteiger partial charge in [-0.25, -0.2) is 14.8 Å². The van der Waals surface area contributed by atoms with Crippen molar-refractivity contribution in [1.29, 1.82) is 0 Å². The molecular formula is C72H90N12O23S. The number of aliphatic imine (C=N–C) groups is 1. The average Bonchev–Trinajstić information content (AvgIpc) is 1.47. The third-order valence-corrected chi connectivity index (χ3v) is 21.4. The topological polar surface area (TPSA) is 535 Å². The van der Waals surface area contributed by atoms with Gasteiger partial charge in [0, 0.05) is 87.4 Å². The Morgan fingerprint density at radius 2 is 1.57 bits per heavy atom. The Morgan fingerprint density at radius 1 is 0.861 bits per heavy atom. The lowest BCUT2D eigenvalue weighted by Crippen LogP contribution is -2.68. The van der Waals surface area contributed by atoms with E-state index in [0.717, 1.165) is 22.2 Å². The number of anilines is 2. The highest BCUT2D eigenvalue weighted by Gasteiger charge is 2.87. The van der Waals surface area contributed by atoms with E-state index in [2.05, 4.69) is 40.9 Å². The maximum Gasteiger partial charge on any atom is 0.326 e. The van der Waals surface area contributed by atoms with Crippen molar-refractivity contribution in [2.75, 3.05) is 49.7 Å². The summed E-state index contributed by atoms with van der Waals surface area (Å²) in [6.07, 6.45) is -6.53. The number of aromatic nitrogens is 4. The van der Waals surface area contributed by atoms with Crippen LogP contribution in [0.15, 0.2) is 76.2 Å². The highest BCUT2D eigenvalue weighted by molar-refractivity contribution is 8.00. The van der Waals surface area contributed by atoms with Gasteiger partial charge in [0.1, 0.15) is 48.4 Å². The molecule has 9 rings (SSSR count). The van der Waals surface area contributed by atoms with Gasteiger partial charge >= 0.3 is 35.8 Å². The second-order valence-electron chi connectivity index (χ2n) is 28.2. The minimum absolute atomic E-state index is 0.00797. The van der Waals surface area contributed by atoms with Gasteiger partial charge in [0.25, 0.3) is 11.5 Å². The van der Waals surface area contributed by atoms with Crippen LogP contribution in [-0.2, 0) is 92.4 Å². The number of guanidine groups is 1.